The minimum atomic E-state index is -0.505. The first-order chi connectivity index (χ1) is 9.63. The second kappa shape index (κ2) is 4.85. The van der Waals surface area contributed by atoms with Crippen molar-refractivity contribution in [2.45, 2.75) is 19.3 Å². The Morgan fingerprint density at radius 2 is 1.75 bits per heavy atom. The number of nitro benzene ring substituents is 1. The number of nitro groups is 1. The number of nitrogens with zero attached hydrogens (tertiary/aromatic N) is 1. The minimum absolute atomic E-state index is 0.105. The first-order valence-corrected chi connectivity index (χ1v) is 6.47. The maximum Gasteiger partial charge on any atom is 0.292 e. The van der Waals surface area contributed by atoms with Crippen LogP contribution in [0.2, 0.25) is 0 Å². The highest BCUT2D eigenvalue weighted by Crippen LogP contribution is 2.31. The van der Waals surface area contributed by atoms with E-state index in [2.05, 4.69) is 6.07 Å². The van der Waals surface area contributed by atoms with Crippen LogP contribution in [0.5, 0.6) is 11.5 Å². The van der Waals surface area contributed by atoms with Gasteiger partial charge in [-0.2, -0.15) is 0 Å². The largest absolute Gasteiger partial charge is 0.457 e. The molecule has 0 atom stereocenters. The van der Waals surface area contributed by atoms with Crippen LogP contribution in [0.1, 0.15) is 17.5 Å². The van der Waals surface area contributed by atoms with Crippen LogP contribution in [0.4, 0.5) is 11.4 Å². The van der Waals surface area contributed by atoms with Crippen molar-refractivity contribution >= 4 is 11.4 Å². The van der Waals surface area contributed by atoms with Crippen molar-refractivity contribution in [3.8, 4) is 11.5 Å². The van der Waals surface area contributed by atoms with Crippen LogP contribution in [-0.4, -0.2) is 4.92 Å². The Kier molecular flexibility index (Phi) is 3.02. The molecule has 5 nitrogen and oxygen atoms in total. The summed E-state index contributed by atoms with van der Waals surface area (Å²) in [5.41, 5.74) is 8.34. The Morgan fingerprint density at radius 1 is 1.05 bits per heavy atom. The third-order valence-electron chi connectivity index (χ3n) is 3.50. The van der Waals surface area contributed by atoms with E-state index in [1.165, 1.54) is 29.7 Å². The van der Waals surface area contributed by atoms with Gasteiger partial charge >= 0.3 is 0 Å². The second-order valence-corrected chi connectivity index (χ2v) is 4.86. The fraction of sp³-hybridized carbons (Fsp3) is 0.200. The third-order valence-corrected chi connectivity index (χ3v) is 3.50. The summed E-state index contributed by atoms with van der Waals surface area (Å²) < 4.78 is 5.72. The van der Waals surface area contributed by atoms with E-state index in [0.29, 0.717) is 5.75 Å². The molecule has 0 spiro atoms. The maximum atomic E-state index is 10.7. The molecule has 0 saturated heterocycles. The Bertz CT molecular complexity index is 683. The number of ether oxygens (including phenoxy) is 1. The van der Waals surface area contributed by atoms with Crippen LogP contribution in [0, 0.1) is 10.1 Å². The monoisotopic (exact) mass is 270 g/mol. The fourth-order valence-corrected chi connectivity index (χ4v) is 2.51. The van der Waals surface area contributed by atoms with Crippen molar-refractivity contribution in [2.75, 3.05) is 5.73 Å². The molecule has 5 heteroatoms. The number of benzene rings is 2. The Balaban J connectivity index is 1.84. The molecule has 0 radical (unpaired) electrons. The van der Waals surface area contributed by atoms with E-state index < -0.39 is 4.92 Å². The van der Waals surface area contributed by atoms with Crippen LogP contribution >= 0.6 is 0 Å². The van der Waals surface area contributed by atoms with E-state index in [1.54, 1.807) is 6.07 Å². The molecule has 2 aromatic rings. The summed E-state index contributed by atoms with van der Waals surface area (Å²) in [5, 5.41) is 10.7. The summed E-state index contributed by atoms with van der Waals surface area (Å²) in [7, 11) is 0. The van der Waals surface area contributed by atoms with Gasteiger partial charge in [-0.3, -0.25) is 10.1 Å². The van der Waals surface area contributed by atoms with E-state index >= 15 is 0 Å². The summed E-state index contributed by atoms with van der Waals surface area (Å²) in [5.74, 6) is 1.24. The van der Waals surface area contributed by atoms with Crippen molar-refractivity contribution in [3.05, 3.63) is 57.6 Å². The highest BCUT2D eigenvalue weighted by atomic mass is 16.6. The van der Waals surface area contributed by atoms with Gasteiger partial charge in [0.25, 0.3) is 5.69 Å². The van der Waals surface area contributed by atoms with Gasteiger partial charge in [0.05, 0.1) is 4.92 Å². The smallest absolute Gasteiger partial charge is 0.292 e. The van der Waals surface area contributed by atoms with Crippen LogP contribution in [0.3, 0.4) is 0 Å². The lowest BCUT2D eigenvalue weighted by Gasteiger charge is -2.08. The van der Waals surface area contributed by atoms with Crippen molar-refractivity contribution in [3.63, 3.8) is 0 Å². The molecule has 1 aliphatic rings. The highest BCUT2D eigenvalue weighted by molar-refractivity contribution is 5.61. The van der Waals surface area contributed by atoms with Crippen LogP contribution < -0.4 is 10.5 Å². The molecule has 2 aromatic carbocycles. The number of hydrogen-bond donors (Lipinski definition) is 1. The predicted molar refractivity (Wildman–Crippen MR) is 76.0 cm³/mol. The summed E-state index contributed by atoms with van der Waals surface area (Å²) in [4.78, 5) is 10.2. The molecular weight excluding hydrogens is 256 g/mol. The quantitative estimate of drug-likeness (QED) is 0.526. The number of aryl methyl sites for hydroxylation is 2. The van der Waals surface area contributed by atoms with E-state index in [-0.39, 0.29) is 11.4 Å². The molecule has 20 heavy (non-hydrogen) atoms. The molecule has 0 heterocycles. The molecule has 0 aliphatic heterocycles. The lowest BCUT2D eigenvalue weighted by Crippen LogP contribution is -1.96. The molecule has 0 bridgehead atoms. The van der Waals surface area contributed by atoms with Gasteiger partial charge in [-0.05, 0) is 48.6 Å². The number of fused-ring (bicyclic) bond motifs is 1. The summed E-state index contributed by atoms with van der Waals surface area (Å²) >= 11 is 0. The Hall–Kier alpha value is -2.56. The Morgan fingerprint density at radius 3 is 2.50 bits per heavy atom. The zero-order valence-electron chi connectivity index (χ0n) is 10.8. The molecular formula is C15H14N2O3. The number of nitrogen functional groups attached to an aromatic ring is 1. The zero-order chi connectivity index (χ0) is 14.1. The van der Waals surface area contributed by atoms with E-state index in [0.717, 1.165) is 18.6 Å². The highest BCUT2D eigenvalue weighted by Gasteiger charge is 2.14. The molecule has 1 aliphatic carbocycles. The van der Waals surface area contributed by atoms with E-state index in [1.807, 2.05) is 12.1 Å². The summed E-state index contributed by atoms with van der Waals surface area (Å²) in [6.07, 6.45) is 3.39. The fourth-order valence-electron chi connectivity index (χ4n) is 2.51. The van der Waals surface area contributed by atoms with Crippen molar-refractivity contribution in [2.24, 2.45) is 0 Å². The average molecular weight is 270 g/mol. The average Bonchev–Trinajstić information content (AvgIpc) is 2.85. The van der Waals surface area contributed by atoms with Crippen molar-refractivity contribution in [1.82, 2.24) is 0 Å². The molecule has 3 rings (SSSR count). The molecule has 0 aromatic heterocycles. The van der Waals surface area contributed by atoms with Gasteiger partial charge in [0, 0.05) is 12.1 Å². The molecule has 0 saturated carbocycles. The van der Waals surface area contributed by atoms with Crippen LogP contribution in [0.15, 0.2) is 36.4 Å². The molecule has 0 unspecified atom stereocenters. The normalized spacial score (nSPS) is 13.0. The maximum absolute atomic E-state index is 10.7. The molecule has 0 amide bonds. The van der Waals surface area contributed by atoms with Crippen molar-refractivity contribution in [1.29, 1.82) is 0 Å². The van der Waals surface area contributed by atoms with Gasteiger partial charge in [-0.15, -0.1) is 0 Å². The van der Waals surface area contributed by atoms with Gasteiger partial charge < -0.3 is 10.5 Å². The predicted octanol–water partition coefficient (Wildman–Crippen LogP) is 3.46. The Labute approximate surface area is 116 Å². The van der Waals surface area contributed by atoms with Gasteiger partial charge in [0.2, 0.25) is 0 Å². The first-order valence-electron chi connectivity index (χ1n) is 6.47. The van der Waals surface area contributed by atoms with Gasteiger partial charge in [0.1, 0.15) is 17.2 Å². The second-order valence-electron chi connectivity index (χ2n) is 4.86. The number of hydrogen-bond acceptors (Lipinski definition) is 4. The summed E-state index contributed by atoms with van der Waals surface area (Å²) in [6.45, 7) is 0. The topological polar surface area (TPSA) is 78.4 Å². The number of anilines is 1. The lowest BCUT2D eigenvalue weighted by atomic mass is 10.1. The number of rotatable bonds is 3. The van der Waals surface area contributed by atoms with E-state index in [4.69, 9.17) is 10.5 Å². The lowest BCUT2D eigenvalue weighted by molar-refractivity contribution is -0.383. The summed E-state index contributed by atoms with van der Waals surface area (Å²) in [6, 6.07) is 10.4. The van der Waals surface area contributed by atoms with Gasteiger partial charge in [-0.25, -0.2) is 0 Å². The SMILES string of the molecule is Nc1cc(Oc2ccc3c(c2)CCC3)ccc1[N+](=O)[O-]. The standard InChI is InChI=1S/C15H14N2O3/c16-14-9-13(6-7-15(14)17(18)19)20-12-5-4-10-2-1-3-11(10)8-12/h4-9H,1-3,16H2. The third kappa shape index (κ3) is 2.30. The van der Waals surface area contributed by atoms with Crippen molar-refractivity contribution < 1.29 is 9.66 Å². The first kappa shape index (κ1) is 12.5. The zero-order valence-corrected chi connectivity index (χ0v) is 10.8. The van der Waals surface area contributed by atoms with Gasteiger partial charge in [-0.1, -0.05) is 6.07 Å². The molecule has 0 fully saturated rings. The number of nitrogens with two attached hydrogens (primary N) is 1. The van der Waals surface area contributed by atoms with Crippen LogP contribution in [0.25, 0.3) is 0 Å². The molecule has 2 N–H and O–H groups in total. The molecule has 102 valence electrons. The van der Waals surface area contributed by atoms with Gasteiger partial charge in [0.15, 0.2) is 0 Å². The van der Waals surface area contributed by atoms with E-state index in [9.17, 15) is 10.1 Å². The van der Waals surface area contributed by atoms with Crippen LogP contribution in [-0.2, 0) is 12.8 Å². The minimum Gasteiger partial charge on any atom is -0.457 e.